The average molecular weight is 274 g/mol. The highest BCUT2D eigenvalue weighted by Crippen LogP contribution is 2.32. The number of carboxylic acids is 1. The van der Waals surface area contributed by atoms with E-state index in [1.54, 1.807) is 12.1 Å². The number of hydrogen-bond acceptors (Lipinski definition) is 3. The lowest BCUT2D eigenvalue weighted by Gasteiger charge is -2.46. The molecule has 2 atom stereocenters. The van der Waals surface area contributed by atoms with Gasteiger partial charge >= 0.3 is 5.97 Å². The summed E-state index contributed by atoms with van der Waals surface area (Å²) >= 11 is 0. The van der Waals surface area contributed by atoms with Crippen LogP contribution in [0, 0.1) is 5.92 Å². The molecule has 2 heterocycles. The molecule has 20 heavy (non-hydrogen) atoms. The van der Waals surface area contributed by atoms with Gasteiger partial charge in [0.15, 0.2) is 0 Å². The van der Waals surface area contributed by atoms with E-state index in [1.165, 1.54) is 25.8 Å². The van der Waals surface area contributed by atoms with E-state index in [0.29, 0.717) is 11.6 Å². The predicted octanol–water partition coefficient (Wildman–Crippen LogP) is 2.31. The maximum absolute atomic E-state index is 11.1. The summed E-state index contributed by atoms with van der Waals surface area (Å²) in [5.74, 6) is -0.130. The van der Waals surface area contributed by atoms with Crippen LogP contribution in [0.25, 0.3) is 0 Å². The van der Waals surface area contributed by atoms with Crippen LogP contribution in [-0.2, 0) is 0 Å². The molecule has 2 aliphatic heterocycles. The molecule has 108 valence electrons. The van der Waals surface area contributed by atoms with Crippen LogP contribution < -0.4 is 4.90 Å². The fourth-order valence-corrected chi connectivity index (χ4v) is 3.72. The molecule has 2 saturated heterocycles. The van der Waals surface area contributed by atoms with Crippen molar-refractivity contribution in [3.05, 3.63) is 29.8 Å². The van der Waals surface area contributed by atoms with Gasteiger partial charge in [-0.2, -0.15) is 0 Å². The Labute approximate surface area is 120 Å². The number of rotatable bonds is 2. The van der Waals surface area contributed by atoms with Crippen molar-refractivity contribution in [1.29, 1.82) is 0 Å². The molecule has 1 aromatic carbocycles. The Morgan fingerprint density at radius 2 is 2.15 bits per heavy atom. The number of benzene rings is 1. The number of piperidine rings is 2. The van der Waals surface area contributed by atoms with Crippen molar-refractivity contribution in [2.45, 2.75) is 25.3 Å². The van der Waals surface area contributed by atoms with Crippen molar-refractivity contribution >= 4 is 11.7 Å². The third-order valence-corrected chi connectivity index (χ3v) is 4.80. The molecule has 0 radical (unpaired) electrons. The Morgan fingerprint density at radius 3 is 2.95 bits per heavy atom. The number of likely N-dealkylation sites (tertiary alicyclic amines) is 1. The van der Waals surface area contributed by atoms with E-state index in [2.05, 4.69) is 16.8 Å². The lowest BCUT2D eigenvalue weighted by Crippen LogP contribution is -2.52. The van der Waals surface area contributed by atoms with E-state index in [9.17, 15) is 4.79 Å². The SMILES string of the molecule is CN1CCCC2CN(c3cccc(C(=O)O)c3)CCC21. The molecule has 0 saturated carbocycles. The van der Waals surface area contributed by atoms with Gasteiger partial charge < -0.3 is 14.9 Å². The maximum Gasteiger partial charge on any atom is 0.335 e. The van der Waals surface area contributed by atoms with Crippen molar-refractivity contribution in [2.75, 3.05) is 31.6 Å². The zero-order chi connectivity index (χ0) is 14.1. The zero-order valence-electron chi connectivity index (χ0n) is 12.0. The number of aromatic carboxylic acids is 1. The maximum atomic E-state index is 11.1. The molecule has 0 bridgehead atoms. The standard InChI is InChI=1S/C16H22N2O2/c1-17-8-3-5-13-11-18(9-7-15(13)17)14-6-2-4-12(10-14)16(19)20/h2,4,6,10,13,15H,3,5,7-9,11H2,1H3,(H,19,20). The van der Waals surface area contributed by atoms with Crippen LogP contribution in [0.4, 0.5) is 5.69 Å². The minimum absolute atomic E-state index is 0.380. The number of hydrogen-bond donors (Lipinski definition) is 1. The Morgan fingerprint density at radius 1 is 1.30 bits per heavy atom. The molecule has 1 N–H and O–H groups in total. The molecule has 0 spiro atoms. The van der Waals surface area contributed by atoms with Gasteiger partial charge in [-0.05, 0) is 57.0 Å². The summed E-state index contributed by atoms with van der Waals surface area (Å²) in [6.07, 6.45) is 3.75. The highest BCUT2D eigenvalue weighted by Gasteiger charge is 2.34. The van der Waals surface area contributed by atoms with Crippen LogP contribution in [-0.4, -0.2) is 48.7 Å². The average Bonchev–Trinajstić information content (AvgIpc) is 2.47. The molecule has 2 fully saturated rings. The second kappa shape index (κ2) is 5.44. The van der Waals surface area contributed by atoms with Gasteiger partial charge in [-0.15, -0.1) is 0 Å². The molecule has 4 heteroatoms. The van der Waals surface area contributed by atoms with Crippen LogP contribution in [0.15, 0.2) is 24.3 Å². The largest absolute Gasteiger partial charge is 0.478 e. The first-order valence-corrected chi connectivity index (χ1v) is 7.43. The van der Waals surface area contributed by atoms with Gasteiger partial charge in [0, 0.05) is 24.8 Å². The van der Waals surface area contributed by atoms with Crippen molar-refractivity contribution in [3.63, 3.8) is 0 Å². The molecule has 0 aromatic heterocycles. The molecular weight excluding hydrogens is 252 g/mol. The van der Waals surface area contributed by atoms with E-state index < -0.39 is 5.97 Å². The first-order chi connectivity index (χ1) is 9.65. The van der Waals surface area contributed by atoms with Gasteiger partial charge in [0.25, 0.3) is 0 Å². The normalized spacial score (nSPS) is 27.1. The summed E-state index contributed by atoms with van der Waals surface area (Å²) in [6.45, 7) is 3.29. The van der Waals surface area contributed by atoms with Gasteiger partial charge in [-0.3, -0.25) is 0 Å². The summed E-state index contributed by atoms with van der Waals surface area (Å²) in [7, 11) is 2.23. The van der Waals surface area contributed by atoms with Crippen LogP contribution in [0.1, 0.15) is 29.6 Å². The zero-order valence-corrected chi connectivity index (χ0v) is 12.0. The number of carboxylic acid groups (broad SMARTS) is 1. The minimum Gasteiger partial charge on any atom is -0.478 e. The minimum atomic E-state index is -0.848. The third kappa shape index (κ3) is 2.52. The quantitative estimate of drug-likeness (QED) is 0.899. The van der Waals surface area contributed by atoms with Crippen LogP contribution in [0.3, 0.4) is 0 Å². The van der Waals surface area contributed by atoms with E-state index in [0.717, 1.165) is 24.7 Å². The molecule has 4 nitrogen and oxygen atoms in total. The van der Waals surface area contributed by atoms with E-state index in [1.807, 2.05) is 12.1 Å². The van der Waals surface area contributed by atoms with Gasteiger partial charge in [-0.1, -0.05) is 6.07 Å². The number of anilines is 1. The summed E-state index contributed by atoms with van der Waals surface area (Å²) < 4.78 is 0. The van der Waals surface area contributed by atoms with Crippen LogP contribution >= 0.6 is 0 Å². The molecule has 1 aromatic rings. The lowest BCUT2D eigenvalue weighted by atomic mass is 9.84. The highest BCUT2D eigenvalue weighted by atomic mass is 16.4. The van der Waals surface area contributed by atoms with Gasteiger partial charge in [0.2, 0.25) is 0 Å². The Kier molecular flexibility index (Phi) is 3.66. The monoisotopic (exact) mass is 274 g/mol. The summed E-state index contributed by atoms with van der Waals surface area (Å²) in [6, 6.07) is 8.04. The Bertz CT molecular complexity index is 503. The Balaban J connectivity index is 1.76. The number of fused-ring (bicyclic) bond motifs is 1. The lowest BCUT2D eigenvalue weighted by molar-refractivity contribution is 0.0697. The molecule has 0 amide bonds. The fraction of sp³-hybridized carbons (Fsp3) is 0.562. The smallest absolute Gasteiger partial charge is 0.335 e. The van der Waals surface area contributed by atoms with E-state index in [-0.39, 0.29) is 0 Å². The van der Waals surface area contributed by atoms with Gasteiger partial charge in [0.1, 0.15) is 0 Å². The second-order valence-electron chi connectivity index (χ2n) is 6.04. The summed E-state index contributed by atoms with van der Waals surface area (Å²) in [5, 5.41) is 9.10. The number of carbonyl (C=O) groups is 1. The highest BCUT2D eigenvalue weighted by molar-refractivity contribution is 5.88. The summed E-state index contributed by atoms with van der Waals surface area (Å²) in [5.41, 5.74) is 1.43. The third-order valence-electron chi connectivity index (χ3n) is 4.80. The first kappa shape index (κ1) is 13.4. The van der Waals surface area contributed by atoms with E-state index in [4.69, 9.17) is 5.11 Å². The fourth-order valence-electron chi connectivity index (χ4n) is 3.72. The number of nitrogens with zero attached hydrogens (tertiary/aromatic N) is 2. The van der Waals surface area contributed by atoms with E-state index >= 15 is 0 Å². The van der Waals surface area contributed by atoms with Crippen molar-refractivity contribution < 1.29 is 9.90 Å². The molecule has 2 unspecified atom stereocenters. The second-order valence-corrected chi connectivity index (χ2v) is 6.04. The summed E-state index contributed by atoms with van der Waals surface area (Å²) in [4.78, 5) is 15.9. The van der Waals surface area contributed by atoms with Crippen molar-refractivity contribution in [2.24, 2.45) is 5.92 Å². The van der Waals surface area contributed by atoms with Crippen molar-refractivity contribution in [1.82, 2.24) is 4.90 Å². The topological polar surface area (TPSA) is 43.8 Å². The molecular formula is C16H22N2O2. The van der Waals surface area contributed by atoms with Crippen LogP contribution in [0.2, 0.25) is 0 Å². The molecule has 0 aliphatic carbocycles. The molecule has 3 rings (SSSR count). The Hall–Kier alpha value is -1.55. The first-order valence-electron chi connectivity index (χ1n) is 7.43. The van der Waals surface area contributed by atoms with Gasteiger partial charge in [0.05, 0.1) is 5.56 Å². The van der Waals surface area contributed by atoms with Gasteiger partial charge in [-0.25, -0.2) is 4.79 Å². The molecule has 2 aliphatic rings. The van der Waals surface area contributed by atoms with Crippen LogP contribution in [0.5, 0.6) is 0 Å². The predicted molar refractivity (Wildman–Crippen MR) is 79.4 cm³/mol. The van der Waals surface area contributed by atoms with Crippen molar-refractivity contribution in [3.8, 4) is 0 Å².